The molecule has 0 fully saturated rings. The minimum Gasteiger partial charge on any atom is -0.379 e. The lowest BCUT2D eigenvalue weighted by molar-refractivity contribution is -0.137. The predicted molar refractivity (Wildman–Crippen MR) is 122 cm³/mol. The Morgan fingerprint density at radius 2 is 1.63 bits per heavy atom. The van der Waals surface area contributed by atoms with Gasteiger partial charge in [-0.25, -0.2) is 4.39 Å². The zero-order chi connectivity index (χ0) is 25.8. The molecule has 186 valence electrons. The van der Waals surface area contributed by atoms with Crippen molar-refractivity contribution in [1.29, 1.82) is 0 Å². The summed E-state index contributed by atoms with van der Waals surface area (Å²) >= 11 is 0. The SMILES string of the molecule is CCC(C)N(Cc1ccc(OS(=O)(=O)c2cccc(C(F)(F)F)c2)cc1)C(=O)c1ccc(F)cc1. The number of amides is 1. The molecule has 0 bridgehead atoms. The van der Waals surface area contributed by atoms with Gasteiger partial charge < -0.3 is 9.08 Å². The number of alkyl halides is 3. The van der Waals surface area contributed by atoms with Crippen LogP contribution in [0, 0.1) is 5.82 Å². The second kappa shape index (κ2) is 10.5. The van der Waals surface area contributed by atoms with E-state index >= 15 is 0 Å². The van der Waals surface area contributed by atoms with Gasteiger partial charge in [-0.15, -0.1) is 0 Å². The molecule has 1 amide bonds. The van der Waals surface area contributed by atoms with Crippen molar-refractivity contribution in [3.05, 3.63) is 95.3 Å². The molecule has 3 aromatic carbocycles. The fraction of sp³-hybridized carbons (Fsp3) is 0.240. The van der Waals surface area contributed by atoms with Crippen LogP contribution in [0.5, 0.6) is 5.75 Å². The first-order valence-corrected chi connectivity index (χ1v) is 12.1. The van der Waals surface area contributed by atoms with Gasteiger partial charge in [0.15, 0.2) is 0 Å². The van der Waals surface area contributed by atoms with Crippen LogP contribution in [0.15, 0.2) is 77.7 Å². The highest BCUT2D eigenvalue weighted by atomic mass is 32.2. The summed E-state index contributed by atoms with van der Waals surface area (Å²) in [6.07, 6.45) is -4.02. The molecule has 0 aliphatic carbocycles. The highest BCUT2D eigenvalue weighted by Gasteiger charge is 2.32. The molecule has 0 aliphatic rings. The van der Waals surface area contributed by atoms with E-state index in [0.29, 0.717) is 23.6 Å². The number of carbonyl (C=O) groups is 1. The van der Waals surface area contributed by atoms with E-state index in [1.165, 1.54) is 36.4 Å². The molecule has 0 spiro atoms. The molecule has 1 unspecified atom stereocenters. The second-order valence-corrected chi connectivity index (χ2v) is 9.45. The molecule has 1 atom stereocenters. The number of nitrogens with zero attached hydrogens (tertiary/aromatic N) is 1. The van der Waals surface area contributed by atoms with Crippen molar-refractivity contribution in [3.63, 3.8) is 0 Å². The highest BCUT2D eigenvalue weighted by molar-refractivity contribution is 7.87. The molecule has 0 radical (unpaired) electrons. The van der Waals surface area contributed by atoms with Crippen LogP contribution in [0.25, 0.3) is 0 Å². The maximum Gasteiger partial charge on any atom is 0.416 e. The van der Waals surface area contributed by atoms with E-state index in [1.807, 2.05) is 13.8 Å². The average molecular weight is 510 g/mol. The molecular weight excluding hydrogens is 486 g/mol. The highest BCUT2D eigenvalue weighted by Crippen LogP contribution is 2.31. The van der Waals surface area contributed by atoms with E-state index < -0.39 is 32.6 Å². The molecule has 0 aliphatic heterocycles. The third kappa shape index (κ3) is 6.60. The van der Waals surface area contributed by atoms with Gasteiger partial charge in [0, 0.05) is 18.2 Å². The predicted octanol–water partition coefficient (Wildman–Crippen LogP) is 6.05. The lowest BCUT2D eigenvalue weighted by Gasteiger charge is -2.29. The third-order valence-electron chi connectivity index (χ3n) is 5.41. The van der Waals surface area contributed by atoms with Gasteiger partial charge in [-0.1, -0.05) is 25.1 Å². The normalized spacial score (nSPS) is 12.7. The lowest BCUT2D eigenvalue weighted by Crippen LogP contribution is -2.37. The maximum absolute atomic E-state index is 13.2. The van der Waals surface area contributed by atoms with Gasteiger partial charge >= 0.3 is 16.3 Å². The molecule has 10 heteroatoms. The molecule has 0 heterocycles. The fourth-order valence-electron chi connectivity index (χ4n) is 3.26. The lowest BCUT2D eigenvalue weighted by atomic mass is 10.1. The van der Waals surface area contributed by atoms with Gasteiger partial charge in [0.1, 0.15) is 16.5 Å². The van der Waals surface area contributed by atoms with Crippen LogP contribution < -0.4 is 4.18 Å². The number of hydrogen-bond donors (Lipinski definition) is 0. The Balaban J connectivity index is 1.77. The summed E-state index contributed by atoms with van der Waals surface area (Å²) in [7, 11) is -4.50. The van der Waals surface area contributed by atoms with Crippen molar-refractivity contribution in [2.24, 2.45) is 0 Å². The van der Waals surface area contributed by atoms with Crippen LogP contribution in [-0.2, 0) is 22.8 Å². The van der Waals surface area contributed by atoms with Crippen LogP contribution in [0.4, 0.5) is 17.6 Å². The molecule has 3 aromatic rings. The summed E-state index contributed by atoms with van der Waals surface area (Å²) in [6, 6.07) is 14.2. The standard InChI is InChI=1S/C25H23F4NO4S/c1-3-17(2)30(24(31)19-9-11-21(26)12-10-19)16-18-7-13-22(14-8-18)34-35(32,33)23-6-4-5-20(15-23)25(27,28)29/h4-15,17H,3,16H2,1-2H3. The van der Waals surface area contributed by atoms with E-state index in [-0.39, 0.29) is 24.2 Å². The Hall–Kier alpha value is -3.40. The molecule has 0 aromatic heterocycles. The van der Waals surface area contributed by atoms with Crippen LogP contribution in [0.2, 0.25) is 0 Å². The quantitative estimate of drug-likeness (QED) is 0.274. The van der Waals surface area contributed by atoms with Crippen molar-refractivity contribution in [2.75, 3.05) is 0 Å². The topological polar surface area (TPSA) is 63.7 Å². The average Bonchev–Trinajstić information content (AvgIpc) is 2.82. The molecular formula is C25H23F4NO4S. The third-order valence-corrected chi connectivity index (χ3v) is 6.65. The van der Waals surface area contributed by atoms with Crippen LogP contribution in [-0.4, -0.2) is 25.3 Å². The monoisotopic (exact) mass is 509 g/mol. The maximum atomic E-state index is 13.2. The first kappa shape index (κ1) is 26.2. The Bertz CT molecular complexity index is 1270. The zero-order valence-corrected chi connectivity index (χ0v) is 19.7. The Morgan fingerprint density at radius 1 is 1.00 bits per heavy atom. The van der Waals surface area contributed by atoms with Gasteiger partial charge in [-0.2, -0.15) is 21.6 Å². The van der Waals surface area contributed by atoms with E-state index in [2.05, 4.69) is 0 Å². The number of benzene rings is 3. The summed E-state index contributed by atoms with van der Waals surface area (Å²) in [5, 5.41) is 0. The Kier molecular flexibility index (Phi) is 7.84. The van der Waals surface area contributed by atoms with Crippen LogP contribution in [0.1, 0.15) is 41.8 Å². The first-order valence-electron chi connectivity index (χ1n) is 10.7. The van der Waals surface area contributed by atoms with Crippen LogP contribution >= 0.6 is 0 Å². The number of carbonyl (C=O) groups excluding carboxylic acids is 1. The molecule has 0 saturated carbocycles. The van der Waals surface area contributed by atoms with Crippen molar-refractivity contribution < 1.29 is 35.0 Å². The minimum absolute atomic E-state index is 0.0916. The molecule has 5 nitrogen and oxygen atoms in total. The molecule has 0 N–H and O–H groups in total. The summed E-state index contributed by atoms with van der Waals surface area (Å²) < 4.78 is 81.9. The number of hydrogen-bond acceptors (Lipinski definition) is 4. The summed E-state index contributed by atoms with van der Waals surface area (Å²) in [4.78, 5) is 14.0. The van der Waals surface area contributed by atoms with E-state index in [0.717, 1.165) is 18.2 Å². The van der Waals surface area contributed by atoms with Gasteiger partial charge in [-0.05, 0) is 73.5 Å². The first-order chi connectivity index (χ1) is 16.4. The van der Waals surface area contributed by atoms with Gasteiger partial charge in [0.25, 0.3) is 5.91 Å². The molecule has 35 heavy (non-hydrogen) atoms. The van der Waals surface area contributed by atoms with Crippen LogP contribution in [0.3, 0.4) is 0 Å². The van der Waals surface area contributed by atoms with E-state index in [4.69, 9.17) is 4.18 Å². The van der Waals surface area contributed by atoms with Crippen molar-refractivity contribution in [2.45, 2.75) is 43.9 Å². The summed E-state index contributed by atoms with van der Waals surface area (Å²) in [6.45, 7) is 4.00. The zero-order valence-electron chi connectivity index (χ0n) is 18.9. The van der Waals surface area contributed by atoms with Gasteiger partial charge in [0.05, 0.1) is 5.56 Å². The minimum atomic E-state index is -4.69. The largest absolute Gasteiger partial charge is 0.416 e. The Labute approximate surface area is 201 Å². The smallest absolute Gasteiger partial charge is 0.379 e. The van der Waals surface area contributed by atoms with Crippen molar-refractivity contribution >= 4 is 16.0 Å². The summed E-state index contributed by atoms with van der Waals surface area (Å²) in [5.74, 6) is -0.828. The van der Waals surface area contributed by atoms with Gasteiger partial charge in [0.2, 0.25) is 0 Å². The molecule has 0 saturated heterocycles. The van der Waals surface area contributed by atoms with E-state index in [1.54, 1.807) is 17.0 Å². The second-order valence-electron chi connectivity index (χ2n) is 7.90. The number of halogens is 4. The van der Waals surface area contributed by atoms with Crippen molar-refractivity contribution in [3.8, 4) is 5.75 Å². The molecule has 3 rings (SSSR count). The fourth-order valence-corrected chi connectivity index (χ4v) is 4.23. The van der Waals surface area contributed by atoms with Crippen molar-refractivity contribution in [1.82, 2.24) is 4.90 Å². The summed E-state index contributed by atoms with van der Waals surface area (Å²) in [5.41, 5.74) is -0.100. The number of rotatable bonds is 8. The van der Waals surface area contributed by atoms with Gasteiger partial charge in [-0.3, -0.25) is 4.79 Å². The van der Waals surface area contributed by atoms with E-state index in [9.17, 15) is 30.8 Å². The Morgan fingerprint density at radius 3 is 2.20 bits per heavy atom.